The first-order valence-electron chi connectivity index (χ1n) is 8.49. The van der Waals surface area contributed by atoms with Gasteiger partial charge < -0.3 is 9.84 Å². The van der Waals surface area contributed by atoms with Crippen molar-refractivity contribution < 1.29 is 9.84 Å². The van der Waals surface area contributed by atoms with Gasteiger partial charge in [0.1, 0.15) is 0 Å². The summed E-state index contributed by atoms with van der Waals surface area (Å²) in [5.74, 6) is 1.52. The molecule has 1 atom stereocenters. The van der Waals surface area contributed by atoms with E-state index < -0.39 is 5.60 Å². The standard InChI is InChI=1S/C19H28O2/c1-14(2)15-7-10-19(20,11-8-15)13-18-17-6-4-3-5-16(17)9-12-21-18/h3-6,14-15,18,20H,7-13H2,1-2H3. The predicted molar refractivity (Wildman–Crippen MR) is 85.2 cm³/mol. The summed E-state index contributed by atoms with van der Waals surface area (Å²) >= 11 is 0. The van der Waals surface area contributed by atoms with Crippen LogP contribution in [0.5, 0.6) is 0 Å². The molecule has 2 aliphatic rings. The second-order valence-corrected chi connectivity index (χ2v) is 7.32. The van der Waals surface area contributed by atoms with E-state index in [0.29, 0.717) is 0 Å². The Morgan fingerprint density at radius 3 is 2.67 bits per heavy atom. The van der Waals surface area contributed by atoms with Gasteiger partial charge in [-0.25, -0.2) is 0 Å². The Balaban J connectivity index is 1.67. The zero-order chi connectivity index (χ0) is 14.9. The van der Waals surface area contributed by atoms with Crippen molar-refractivity contribution in [1.82, 2.24) is 0 Å². The number of fused-ring (bicyclic) bond motifs is 1. The van der Waals surface area contributed by atoms with Gasteiger partial charge in [0, 0.05) is 6.42 Å². The summed E-state index contributed by atoms with van der Waals surface area (Å²) in [6, 6.07) is 8.55. The van der Waals surface area contributed by atoms with Gasteiger partial charge in [-0.05, 0) is 55.1 Å². The Kier molecular flexibility index (Phi) is 4.37. The summed E-state index contributed by atoms with van der Waals surface area (Å²) in [6.07, 6.45) is 6.01. The predicted octanol–water partition coefficient (Wildman–Crippen LogP) is 4.27. The van der Waals surface area contributed by atoms with Crippen LogP contribution < -0.4 is 0 Å². The van der Waals surface area contributed by atoms with Gasteiger partial charge in [-0.2, -0.15) is 0 Å². The Morgan fingerprint density at radius 1 is 1.24 bits per heavy atom. The van der Waals surface area contributed by atoms with Crippen molar-refractivity contribution in [2.24, 2.45) is 11.8 Å². The number of aliphatic hydroxyl groups is 1. The van der Waals surface area contributed by atoms with Crippen molar-refractivity contribution in [3.05, 3.63) is 35.4 Å². The quantitative estimate of drug-likeness (QED) is 0.900. The van der Waals surface area contributed by atoms with Crippen LogP contribution in [-0.2, 0) is 11.2 Å². The highest BCUT2D eigenvalue weighted by Crippen LogP contribution is 2.42. The maximum absolute atomic E-state index is 11.0. The molecule has 1 aliphatic heterocycles. The van der Waals surface area contributed by atoms with Crippen LogP contribution in [0.25, 0.3) is 0 Å². The molecule has 1 unspecified atom stereocenters. The molecule has 1 aromatic carbocycles. The molecule has 2 heteroatoms. The van der Waals surface area contributed by atoms with Gasteiger partial charge in [-0.15, -0.1) is 0 Å². The van der Waals surface area contributed by atoms with Crippen LogP contribution in [0, 0.1) is 11.8 Å². The molecular formula is C19H28O2. The van der Waals surface area contributed by atoms with Crippen LogP contribution in [-0.4, -0.2) is 17.3 Å². The molecule has 21 heavy (non-hydrogen) atoms. The zero-order valence-electron chi connectivity index (χ0n) is 13.3. The topological polar surface area (TPSA) is 29.5 Å². The highest BCUT2D eigenvalue weighted by atomic mass is 16.5. The van der Waals surface area contributed by atoms with Gasteiger partial charge in [0.2, 0.25) is 0 Å². The van der Waals surface area contributed by atoms with Crippen molar-refractivity contribution in [3.63, 3.8) is 0 Å². The summed E-state index contributed by atoms with van der Waals surface area (Å²) in [5, 5.41) is 11.0. The first kappa shape index (κ1) is 15.1. The summed E-state index contributed by atoms with van der Waals surface area (Å²) < 4.78 is 5.99. The molecule has 2 nitrogen and oxygen atoms in total. The fourth-order valence-corrected chi connectivity index (χ4v) is 4.04. The molecule has 1 fully saturated rings. The van der Waals surface area contributed by atoms with Gasteiger partial charge >= 0.3 is 0 Å². The van der Waals surface area contributed by atoms with E-state index in [1.165, 1.54) is 11.1 Å². The van der Waals surface area contributed by atoms with E-state index in [1.54, 1.807) is 0 Å². The summed E-state index contributed by atoms with van der Waals surface area (Å²) in [5.41, 5.74) is 2.16. The maximum Gasteiger partial charge on any atom is 0.0855 e. The summed E-state index contributed by atoms with van der Waals surface area (Å²) in [6.45, 7) is 5.39. The molecule has 0 saturated heterocycles. The van der Waals surface area contributed by atoms with Gasteiger partial charge in [0.05, 0.1) is 18.3 Å². The molecule has 0 aromatic heterocycles. The van der Waals surface area contributed by atoms with Crippen molar-refractivity contribution in [2.45, 2.75) is 64.1 Å². The summed E-state index contributed by atoms with van der Waals surface area (Å²) in [7, 11) is 0. The highest BCUT2D eigenvalue weighted by Gasteiger charge is 2.37. The average molecular weight is 288 g/mol. The Morgan fingerprint density at radius 2 is 1.95 bits per heavy atom. The van der Waals surface area contributed by atoms with E-state index in [0.717, 1.165) is 57.0 Å². The molecule has 1 N–H and O–H groups in total. The SMILES string of the molecule is CC(C)C1CCC(O)(CC2OCCc3ccccc32)CC1. The largest absolute Gasteiger partial charge is 0.390 e. The number of benzene rings is 1. The number of ether oxygens (including phenoxy) is 1. The fraction of sp³-hybridized carbons (Fsp3) is 0.684. The molecule has 0 bridgehead atoms. The lowest BCUT2D eigenvalue weighted by Crippen LogP contribution is -2.38. The van der Waals surface area contributed by atoms with E-state index in [2.05, 4.69) is 38.1 Å². The molecule has 1 saturated carbocycles. The molecule has 0 spiro atoms. The smallest absolute Gasteiger partial charge is 0.0855 e. The van der Waals surface area contributed by atoms with Crippen LogP contribution in [0.15, 0.2) is 24.3 Å². The summed E-state index contributed by atoms with van der Waals surface area (Å²) in [4.78, 5) is 0. The third kappa shape index (κ3) is 3.32. The number of rotatable bonds is 3. The van der Waals surface area contributed by atoms with Gasteiger partial charge in [-0.3, -0.25) is 0 Å². The second-order valence-electron chi connectivity index (χ2n) is 7.32. The van der Waals surface area contributed by atoms with E-state index >= 15 is 0 Å². The van der Waals surface area contributed by atoms with E-state index in [1.807, 2.05) is 0 Å². The number of hydrogen-bond acceptors (Lipinski definition) is 2. The van der Waals surface area contributed by atoms with Crippen LogP contribution >= 0.6 is 0 Å². The molecule has 3 rings (SSSR count). The minimum Gasteiger partial charge on any atom is -0.390 e. The molecule has 0 radical (unpaired) electrons. The van der Waals surface area contributed by atoms with Crippen LogP contribution in [0.1, 0.15) is 63.2 Å². The molecule has 0 amide bonds. The van der Waals surface area contributed by atoms with E-state index in [-0.39, 0.29) is 6.10 Å². The van der Waals surface area contributed by atoms with Crippen molar-refractivity contribution in [1.29, 1.82) is 0 Å². The third-order valence-corrected chi connectivity index (χ3v) is 5.56. The Hall–Kier alpha value is -0.860. The van der Waals surface area contributed by atoms with Gasteiger partial charge in [-0.1, -0.05) is 38.1 Å². The van der Waals surface area contributed by atoms with E-state index in [4.69, 9.17) is 4.74 Å². The highest BCUT2D eigenvalue weighted by molar-refractivity contribution is 5.31. The van der Waals surface area contributed by atoms with Crippen LogP contribution in [0.3, 0.4) is 0 Å². The Bertz CT molecular complexity index is 472. The normalized spacial score (nSPS) is 33.0. The van der Waals surface area contributed by atoms with Crippen LogP contribution in [0.2, 0.25) is 0 Å². The molecule has 116 valence electrons. The van der Waals surface area contributed by atoms with Crippen molar-refractivity contribution in [3.8, 4) is 0 Å². The molecule has 1 heterocycles. The first-order valence-corrected chi connectivity index (χ1v) is 8.49. The molecule has 1 aromatic rings. The van der Waals surface area contributed by atoms with Gasteiger partial charge in [0.25, 0.3) is 0 Å². The fourth-order valence-electron chi connectivity index (χ4n) is 4.04. The van der Waals surface area contributed by atoms with Crippen molar-refractivity contribution in [2.75, 3.05) is 6.61 Å². The maximum atomic E-state index is 11.0. The zero-order valence-corrected chi connectivity index (χ0v) is 13.3. The van der Waals surface area contributed by atoms with Gasteiger partial charge in [0.15, 0.2) is 0 Å². The third-order valence-electron chi connectivity index (χ3n) is 5.56. The lowest BCUT2D eigenvalue weighted by molar-refractivity contribution is -0.0733. The molecule has 1 aliphatic carbocycles. The van der Waals surface area contributed by atoms with Crippen LogP contribution in [0.4, 0.5) is 0 Å². The Labute approximate surface area is 128 Å². The molecular weight excluding hydrogens is 260 g/mol. The average Bonchev–Trinajstić information content (AvgIpc) is 2.48. The van der Waals surface area contributed by atoms with E-state index in [9.17, 15) is 5.11 Å². The lowest BCUT2D eigenvalue weighted by Gasteiger charge is -2.40. The lowest BCUT2D eigenvalue weighted by atomic mass is 9.72. The monoisotopic (exact) mass is 288 g/mol. The minimum absolute atomic E-state index is 0.0792. The van der Waals surface area contributed by atoms with Crippen molar-refractivity contribution >= 4 is 0 Å². The number of hydrogen-bond donors (Lipinski definition) is 1. The first-order chi connectivity index (χ1) is 10.1. The minimum atomic E-state index is -0.527. The second kappa shape index (κ2) is 6.10.